The van der Waals surface area contributed by atoms with Crippen molar-refractivity contribution >= 4 is 11.9 Å². The summed E-state index contributed by atoms with van der Waals surface area (Å²) in [6, 6.07) is 15.2. The third-order valence-corrected chi connectivity index (χ3v) is 4.59. The molecule has 0 bridgehead atoms. The van der Waals surface area contributed by atoms with Gasteiger partial charge in [0.15, 0.2) is 0 Å². The molecule has 0 saturated carbocycles. The van der Waals surface area contributed by atoms with Gasteiger partial charge in [-0.05, 0) is 30.3 Å². The van der Waals surface area contributed by atoms with Crippen LogP contribution in [0.1, 0.15) is 24.6 Å². The van der Waals surface area contributed by atoms with Crippen molar-refractivity contribution in [2.75, 3.05) is 13.1 Å². The number of hydrogen-bond acceptors (Lipinski definition) is 3. The zero-order chi connectivity index (χ0) is 20.6. The van der Waals surface area contributed by atoms with E-state index in [9.17, 15) is 9.59 Å². The number of aromatic nitrogens is 1. The van der Waals surface area contributed by atoms with E-state index in [-0.39, 0.29) is 5.41 Å². The van der Waals surface area contributed by atoms with E-state index >= 15 is 0 Å². The van der Waals surface area contributed by atoms with Crippen LogP contribution in [-0.2, 0) is 22.1 Å². The zero-order valence-electron chi connectivity index (χ0n) is 16.2. The number of nitrogens with zero attached hydrogens (tertiary/aromatic N) is 2. The molecule has 1 aromatic heterocycles. The predicted molar refractivity (Wildman–Crippen MR) is 108 cm³/mol. The maximum Gasteiger partial charge on any atom is 0.328 e. The molecule has 1 aliphatic rings. The van der Waals surface area contributed by atoms with E-state index in [4.69, 9.17) is 10.2 Å². The number of carbonyl (C=O) groups is 2. The summed E-state index contributed by atoms with van der Waals surface area (Å²) in [4.78, 5) is 21.5. The summed E-state index contributed by atoms with van der Waals surface area (Å²) in [5.41, 5.74) is 2.71. The number of aryl methyl sites for hydroxylation is 1. The van der Waals surface area contributed by atoms with Crippen molar-refractivity contribution in [2.45, 2.75) is 18.8 Å². The van der Waals surface area contributed by atoms with Crippen LogP contribution in [0.25, 0.3) is 0 Å². The maximum absolute atomic E-state index is 9.55. The van der Waals surface area contributed by atoms with Gasteiger partial charge in [-0.25, -0.2) is 9.59 Å². The Hall–Kier alpha value is -3.28. The summed E-state index contributed by atoms with van der Waals surface area (Å²) >= 11 is 0. The molecule has 1 unspecified atom stereocenters. The fourth-order valence-corrected chi connectivity index (χ4v) is 3.40. The highest BCUT2D eigenvalue weighted by Crippen LogP contribution is 2.38. The van der Waals surface area contributed by atoms with Gasteiger partial charge >= 0.3 is 11.9 Å². The number of rotatable bonds is 6. The second-order valence-electron chi connectivity index (χ2n) is 6.64. The molecule has 2 N–H and O–H groups in total. The SMILES string of the molecule is CCCN1C=CC(c2ccccc2)(c2cccn2C)C1.O=C(O)/C=C/C(=O)O. The monoisotopic (exact) mass is 382 g/mol. The minimum absolute atomic E-state index is 0.0192. The van der Waals surface area contributed by atoms with Crippen LogP contribution in [-0.4, -0.2) is 44.7 Å². The molecule has 0 saturated heterocycles. The van der Waals surface area contributed by atoms with Gasteiger partial charge < -0.3 is 19.7 Å². The Morgan fingerprint density at radius 1 is 1.07 bits per heavy atom. The first-order valence-electron chi connectivity index (χ1n) is 9.13. The van der Waals surface area contributed by atoms with Gasteiger partial charge in [-0.3, -0.25) is 0 Å². The van der Waals surface area contributed by atoms with E-state index < -0.39 is 11.9 Å². The molecule has 1 aliphatic heterocycles. The lowest BCUT2D eigenvalue weighted by atomic mass is 9.78. The fraction of sp³-hybridized carbons (Fsp3) is 0.273. The van der Waals surface area contributed by atoms with Gasteiger partial charge in [0.05, 0.1) is 5.41 Å². The first-order chi connectivity index (χ1) is 13.4. The highest BCUT2D eigenvalue weighted by Gasteiger charge is 2.38. The average molecular weight is 382 g/mol. The number of carboxylic acid groups (broad SMARTS) is 2. The van der Waals surface area contributed by atoms with Crippen molar-refractivity contribution in [3.05, 3.63) is 84.3 Å². The Labute approximate surface area is 165 Å². The third-order valence-electron chi connectivity index (χ3n) is 4.59. The van der Waals surface area contributed by atoms with Crippen molar-refractivity contribution < 1.29 is 19.8 Å². The van der Waals surface area contributed by atoms with Crippen LogP contribution in [0.4, 0.5) is 0 Å². The molecule has 0 aliphatic carbocycles. The highest BCUT2D eigenvalue weighted by molar-refractivity contribution is 5.89. The Morgan fingerprint density at radius 2 is 1.71 bits per heavy atom. The van der Waals surface area contributed by atoms with E-state index in [0.29, 0.717) is 12.2 Å². The standard InChI is InChI=1S/C18H22N2.C4H4O4/c1-3-12-20-14-11-18(15-20,16-8-5-4-6-9-16)17-10-7-13-19(17)2;5-3(6)1-2-4(7)8/h4-11,13-14H,3,12,15H2,1-2H3;1-2H,(H,5,6)(H,7,8)/b;2-1+. The van der Waals surface area contributed by atoms with E-state index in [1.165, 1.54) is 17.7 Å². The van der Waals surface area contributed by atoms with Crippen LogP contribution in [0.15, 0.2) is 73.1 Å². The quantitative estimate of drug-likeness (QED) is 0.750. The first kappa shape index (κ1) is 21.0. The normalized spacial score (nSPS) is 18.1. The van der Waals surface area contributed by atoms with Crippen LogP contribution in [0.3, 0.4) is 0 Å². The molecule has 0 fully saturated rings. The summed E-state index contributed by atoms with van der Waals surface area (Å²) in [7, 11) is 2.14. The van der Waals surface area contributed by atoms with Crippen LogP contribution in [0.2, 0.25) is 0 Å². The molecule has 6 heteroatoms. The number of carboxylic acids is 2. The summed E-state index contributed by atoms with van der Waals surface area (Å²) in [5.74, 6) is -2.51. The van der Waals surface area contributed by atoms with Crippen LogP contribution in [0.5, 0.6) is 0 Å². The molecule has 28 heavy (non-hydrogen) atoms. The molecule has 0 radical (unpaired) electrons. The maximum atomic E-state index is 9.55. The summed E-state index contributed by atoms with van der Waals surface area (Å²) in [6.45, 7) is 4.39. The number of benzene rings is 1. The molecule has 2 heterocycles. The lowest BCUT2D eigenvalue weighted by molar-refractivity contribution is -0.134. The van der Waals surface area contributed by atoms with E-state index in [2.05, 4.69) is 84.4 Å². The second kappa shape index (κ2) is 9.60. The van der Waals surface area contributed by atoms with Crippen LogP contribution >= 0.6 is 0 Å². The smallest absolute Gasteiger partial charge is 0.328 e. The number of hydrogen-bond donors (Lipinski definition) is 2. The molecule has 6 nitrogen and oxygen atoms in total. The third kappa shape index (κ3) is 5.13. The lowest BCUT2D eigenvalue weighted by Gasteiger charge is -2.31. The largest absolute Gasteiger partial charge is 0.478 e. The zero-order valence-corrected chi connectivity index (χ0v) is 16.2. The van der Waals surface area contributed by atoms with Gasteiger partial charge in [-0.1, -0.05) is 43.3 Å². The molecule has 3 rings (SSSR count). The minimum atomic E-state index is -1.26. The van der Waals surface area contributed by atoms with Gasteiger partial charge in [-0.2, -0.15) is 0 Å². The molecule has 0 spiro atoms. The highest BCUT2D eigenvalue weighted by atomic mass is 16.4. The predicted octanol–water partition coefficient (Wildman–Crippen LogP) is 3.26. The Morgan fingerprint density at radius 3 is 2.21 bits per heavy atom. The second-order valence-corrected chi connectivity index (χ2v) is 6.64. The van der Waals surface area contributed by atoms with E-state index in [1.54, 1.807) is 0 Å². The fourth-order valence-electron chi connectivity index (χ4n) is 3.40. The van der Waals surface area contributed by atoms with Gasteiger partial charge in [0.1, 0.15) is 0 Å². The molecule has 148 valence electrons. The van der Waals surface area contributed by atoms with Gasteiger partial charge in [0, 0.05) is 44.2 Å². The minimum Gasteiger partial charge on any atom is -0.478 e. The van der Waals surface area contributed by atoms with E-state index in [1.807, 2.05) is 0 Å². The Kier molecular flexibility index (Phi) is 7.21. The summed E-state index contributed by atoms with van der Waals surface area (Å²) < 4.78 is 2.24. The van der Waals surface area contributed by atoms with Gasteiger partial charge in [0.2, 0.25) is 0 Å². The van der Waals surface area contributed by atoms with Crippen molar-refractivity contribution in [1.29, 1.82) is 0 Å². The lowest BCUT2D eigenvalue weighted by Crippen LogP contribution is -2.35. The Bertz CT molecular complexity index is 838. The molecule has 0 amide bonds. The molecule has 1 aromatic carbocycles. The molecular formula is C22H26N2O4. The van der Waals surface area contributed by atoms with Crippen molar-refractivity contribution in [3.63, 3.8) is 0 Å². The summed E-state index contributed by atoms with van der Waals surface area (Å²) in [5, 5.41) is 15.6. The van der Waals surface area contributed by atoms with Crippen LogP contribution in [0, 0.1) is 0 Å². The average Bonchev–Trinajstić information content (AvgIpc) is 3.29. The Balaban J connectivity index is 0.000000300. The molecular weight excluding hydrogens is 356 g/mol. The van der Waals surface area contributed by atoms with Crippen LogP contribution < -0.4 is 0 Å². The van der Waals surface area contributed by atoms with Gasteiger partial charge in [-0.15, -0.1) is 0 Å². The van der Waals surface area contributed by atoms with Crippen molar-refractivity contribution in [1.82, 2.24) is 9.47 Å². The summed E-state index contributed by atoms with van der Waals surface area (Å²) in [6.07, 6.45) is 9.07. The van der Waals surface area contributed by atoms with Crippen molar-refractivity contribution in [3.8, 4) is 0 Å². The molecule has 1 atom stereocenters. The van der Waals surface area contributed by atoms with Crippen molar-refractivity contribution in [2.24, 2.45) is 7.05 Å². The first-order valence-corrected chi connectivity index (χ1v) is 9.13. The van der Waals surface area contributed by atoms with Gasteiger partial charge in [0.25, 0.3) is 0 Å². The number of aliphatic carboxylic acids is 2. The molecule has 2 aromatic rings. The topological polar surface area (TPSA) is 82.8 Å². The van der Waals surface area contributed by atoms with E-state index in [0.717, 1.165) is 13.1 Å².